The predicted octanol–water partition coefficient (Wildman–Crippen LogP) is 4.04. The molecule has 4 nitrogen and oxygen atoms in total. The molecule has 0 unspecified atom stereocenters. The molecular weight excluding hydrogens is 343 g/mol. The van der Waals surface area contributed by atoms with Crippen LogP contribution < -0.4 is 0 Å². The number of thiophene rings is 1. The van der Waals surface area contributed by atoms with Crippen molar-refractivity contribution in [3.05, 3.63) is 57.8 Å². The number of amides is 1. The minimum Gasteiger partial charge on any atom is -0.477 e. The monoisotopic (exact) mass is 357 g/mol. The van der Waals surface area contributed by atoms with Gasteiger partial charge in [0, 0.05) is 13.1 Å². The molecule has 0 aliphatic rings. The molecule has 0 spiro atoms. The molecule has 0 fully saturated rings. The molecule has 1 heterocycles. The minimum atomic E-state index is -4.38. The van der Waals surface area contributed by atoms with Crippen LogP contribution in [0.25, 0.3) is 0 Å². The van der Waals surface area contributed by atoms with Crippen molar-refractivity contribution in [2.75, 3.05) is 6.54 Å². The van der Waals surface area contributed by atoms with Crippen molar-refractivity contribution < 1.29 is 27.9 Å². The summed E-state index contributed by atoms with van der Waals surface area (Å²) in [5.74, 6) is -1.79. The average Bonchev–Trinajstić information content (AvgIpc) is 3.01. The molecule has 8 heteroatoms. The van der Waals surface area contributed by atoms with E-state index in [-0.39, 0.29) is 16.3 Å². The third-order valence-corrected chi connectivity index (χ3v) is 4.26. The molecule has 0 aliphatic carbocycles. The summed E-state index contributed by atoms with van der Waals surface area (Å²) in [5, 5.41) is 8.90. The van der Waals surface area contributed by atoms with Gasteiger partial charge in [-0.05, 0) is 17.7 Å². The molecule has 0 saturated heterocycles. The maximum atomic E-state index is 12.5. The number of carbonyl (C=O) groups excluding carboxylic acids is 1. The highest BCUT2D eigenvalue weighted by Gasteiger charge is 2.30. The Morgan fingerprint density at radius 1 is 1.04 bits per heavy atom. The van der Waals surface area contributed by atoms with Crippen LogP contribution in [0.5, 0.6) is 0 Å². The van der Waals surface area contributed by atoms with Crippen LogP contribution in [0.15, 0.2) is 42.5 Å². The second-order valence-electron chi connectivity index (χ2n) is 5.05. The molecule has 1 aromatic carbocycles. The summed E-state index contributed by atoms with van der Waals surface area (Å²) in [4.78, 5) is 24.5. The highest BCUT2D eigenvalue weighted by Crippen LogP contribution is 2.23. The fourth-order valence-electron chi connectivity index (χ4n) is 2.04. The number of rotatable bonds is 6. The lowest BCUT2D eigenvalue weighted by Crippen LogP contribution is -2.33. The number of alkyl halides is 3. The minimum absolute atomic E-state index is 0.0239. The van der Waals surface area contributed by atoms with Gasteiger partial charge in [-0.25, -0.2) is 4.79 Å². The molecule has 1 amide bonds. The molecule has 128 valence electrons. The van der Waals surface area contributed by atoms with Gasteiger partial charge in [0.2, 0.25) is 0 Å². The van der Waals surface area contributed by atoms with E-state index in [2.05, 4.69) is 0 Å². The first-order valence-electron chi connectivity index (χ1n) is 6.99. The lowest BCUT2D eigenvalue weighted by Gasteiger charge is -2.23. The average molecular weight is 357 g/mol. The number of hydrogen-bond acceptors (Lipinski definition) is 3. The Balaban J connectivity index is 2.19. The van der Waals surface area contributed by atoms with Gasteiger partial charge in [-0.1, -0.05) is 30.3 Å². The summed E-state index contributed by atoms with van der Waals surface area (Å²) in [6.45, 7) is -0.465. The Labute approximate surface area is 140 Å². The number of benzene rings is 1. The first kappa shape index (κ1) is 18.0. The summed E-state index contributed by atoms with van der Waals surface area (Å²) in [6, 6.07) is 11.2. The zero-order valence-corrected chi connectivity index (χ0v) is 13.2. The van der Waals surface area contributed by atoms with E-state index in [0.29, 0.717) is 5.56 Å². The highest BCUT2D eigenvalue weighted by molar-refractivity contribution is 7.15. The molecule has 0 bridgehead atoms. The van der Waals surface area contributed by atoms with E-state index in [1.807, 2.05) is 0 Å². The number of carboxylic acids is 1. The van der Waals surface area contributed by atoms with E-state index in [0.717, 1.165) is 16.2 Å². The second kappa shape index (κ2) is 7.48. The number of carboxylic acid groups (broad SMARTS) is 1. The maximum Gasteiger partial charge on any atom is 0.390 e. The molecule has 2 rings (SSSR count). The molecule has 0 atom stereocenters. The smallest absolute Gasteiger partial charge is 0.390 e. The Kier molecular flexibility index (Phi) is 5.61. The van der Waals surface area contributed by atoms with Crippen molar-refractivity contribution in [3.63, 3.8) is 0 Å². The molecule has 0 saturated carbocycles. The van der Waals surface area contributed by atoms with Gasteiger partial charge in [-0.2, -0.15) is 13.2 Å². The standard InChI is InChI=1S/C16H14F3NO3S/c17-16(18,19)8-9-20(10-11-4-2-1-3-5-11)14(21)12-6-7-13(24-12)15(22)23/h1-7H,8-10H2,(H,22,23). The summed E-state index contributed by atoms with van der Waals surface area (Å²) in [6.07, 6.45) is -5.50. The molecule has 1 aromatic heterocycles. The Morgan fingerprint density at radius 3 is 2.21 bits per heavy atom. The molecule has 0 radical (unpaired) electrons. The number of hydrogen-bond donors (Lipinski definition) is 1. The van der Waals surface area contributed by atoms with Crippen LogP contribution in [0, 0.1) is 0 Å². The lowest BCUT2D eigenvalue weighted by atomic mass is 10.2. The number of aromatic carboxylic acids is 1. The number of halogens is 3. The fraction of sp³-hybridized carbons (Fsp3) is 0.250. The Morgan fingerprint density at radius 2 is 1.67 bits per heavy atom. The second-order valence-corrected chi connectivity index (χ2v) is 6.13. The van der Waals surface area contributed by atoms with Crippen molar-refractivity contribution in [1.82, 2.24) is 4.90 Å². The summed E-state index contributed by atoms with van der Waals surface area (Å²) in [7, 11) is 0. The quantitative estimate of drug-likeness (QED) is 0.849. The van der Waals surface area contributed by atoms with Gasteiger partial charge in [0.1, 0.15) is 4.88 Å². The summed E-state index contributed by atoms with van der Waals surface area (Å²) < 4.78 is 37.6. The fourth-order valence-corrected chi connectivity index (χ4v) is 2.85. The maximum absolute atomic E-state index is 12.5. The molecule has 2 aromatic rings. The first-order valence-corrected chi connectivity index (χ1v) is 7.81. The van der Waals surface area contributed by atoms with E-state index < -0.39 is 31.0 Å². The van der Waals surface area contributed by atoms with Crippen LogP contribution in [0.1, 0.15) is 31.3 Å². The molecule has 0 aliphatic heterocycles. The van der Waals surface area contributed by atoms with Crippen LogP contribution in [0.4, 0.5) is 13.2 Å². The normalized spacial score (nSPS) is 11.3. The molecule has 1 N–H and O–H groups in total. The van der Waals surface area contributed by atoms with Crippen LogP contribution in [0.2, 0.25) is 0 Å². The van der Waals surface area contributed by atoms with E-state index in [1.165, 1.54) is 12.1 Å². The lowest BCUT2D eigenvalue weighted by molar-refractivity contribution is -0.136. The topological polar surface area (TPSA) is 57.6 Å². The van der Waals surface area contributed by atoms with Gasteiger partial charge >= 0.3 is 12.1 Å². The van der Waals surface area contributed by atoms with Crippen molar-refractivity contribution in [1.29, 1.82) is 0 Å². The van der Waals surface area contributed by atoms with Crippen molar-refractivity contribution in [2.24, 2.45) is 0 Å². The van der Waals surface area contributed by atoms with Crippen LogP contribution in [-0.4, -0.2) is 34.6 Å². The zero-order chi connectivity index (χ0) is 17.7. The highest BCUT2D eigenvalue weighted by atomic mass is 32.1. The van der Waals surface area contributed by atoms with Crippen molar-refractivity contribution in [3.8, 4) is 0 Å². The van der Waals surface area contributed by atoms with Crippen LogP contribution in [-0.2, 0) is 6.54 Å². The third kappa shape index (κ3) is 5.09. The van der Waals surface area contributed by atoms with Gasteiger partial charge < -0.3 is 10.0 Å². The summed E-state index contributed by atoms with van der Waals surface area (Å²) >= 11 is 0.749. The Bertz CT molecular complexity index is 713. The summed E-state index contributed by atoms with van der Waals surface area (Å²) in [5.41, 5.74) is 0.697. The van der Waals surface area contributed by atoms with Gasteiger partial charge in [0.05, 0.1) is 11.3 Å². The van der Waals surface area contributed by atoms with Crippen molar-refractivity contribution >= 4 is 23.2 Å². The SMILES string of the molecule is O=C(O)c1ccc(C(=O)N(CCC(F)(F)F)Cc2ccccc2)s1. The van der Waals surface area contributed by atoms with Gasteiger partial charge in [0.25, 0.3) is 5.91 Å². The van der Waals surface area contributed by atoms with Crippen molar-refractivity contribution in [2.45, 2.75) is 19.1 Å². The van der Waals surface area contributed by atoms with Crippen LogP contribution in [0.3, 0.4) is 0 Å². The van der Waals surface area contributed by atoms with Gasteiger partial charge in [-0.3, -0.25) is 4.79 Å². The number of nitrogens with zero attached hydrogens (tertiary/aromatic N) is 1. The van der Waals surface area contributed by atoms with Crippen LogP contribution >= 0.6 is 11.3 Å². The van der Waals surface area contributed by atoms with Gasteiger partial charge in [-0.15, -0.1) is 11.3 Å². The Hall–Kier alpha value is -2.35. The predicted molar refractivity (Wildman–Crippen MR) is 83.1 cm³/mol. The van der Waals surface area contributed by atoms with E-state index in [4.69, 9.17) is 5.11 Å². The first-order chi connectivity index (χ1) is 11.3. The van der Waals surface area contributed by atoms with Gasteiger partial charge in [0.15, 0.2) is 0 Å². The van der Waals surface area contributed by atoms with E-state index >= 15 is 0 Å². The zero-order valence-electron chi connectivity index (χ0n) is 12.4. The van der Waals surface area contributed by atoms with E-state index in [9.17, 15) is 22.8 Å². The molecule has 24 heavy (non-hydrogen) atoms. The number of carbonyl (C=O) groups is 2. The largest absolute Gasteiger partial charge is 0.477 e. The van der Waals surface area contributed by atoms with E-state index in [1.54, 1.807) is 30.3 Å². The third-order valence-electron chi connectivity index (χ3n) is 3.20. The molecular formula is C16H14F3NO3S.